The fourth-order valence-corrected chi connectivity index (χ4v) is 2.08. The van der Waals surface area contributed by atoms with E-state index in [-0.39, 0.29) is 11.4 Å². The zero-order valence-electron chi connectivity index (χ0n) is 13.9. The molecule has 138 valence electrons. The van der Waals surface area contributed by atoms with Gasteiger partial charge in [-0.1, -0.05) is 6.08 Å². The Morgan fingerprint density at radius 2 is 1.52 bits per heavy atom. The van der Waals surface area contributed by atoms with Gasteiger partial charge in [-0.05, 0) is 36.3 Å². The molecule has 0 spiro atoms. The summed E-state index contributed by atoms with van der Waals surface area (Å²) in [6, 6.07) is 9.06. The minimum Gasteiger partial charge on any atom is -0.272 e. The fraction of sp³-hybridized carbons (Fsp3) is 0.0625. The molecule has 2 aromatic rings. The summed E-state index contributed by atoms with van der Waals surface area (Å²) in [7, 11) is 0. The van der Waals surface area contributed by atoms with E-state index < -0.39 is 26.1 Å². The van der Waals surface area contributed by atoms with E-state index in [0.717, 1.165) is 12.1 Å². The molecule has 2 rings (SSSR count). The normalized spacial score (nSPS) is 11.4. The molecular formula is C16H13N5O6. The maximum Gasteiger partial charge on any atom is 0.301 e. The number of hydrazone groups is 1. The SMILES string of the molecule is CC(/C=N/Nc1ccc([N+](=O)[O-])cc1[N+](=O)[O-])=C\c1ccc([N+](=O)[O-])cc1. The van der Waals surface area contributed by atoms with Crippen LogP contribution in [0.15, 0.2) is 53.1 Å². The Kier molecular flexibility index (Phi) is 5.89. The van der Waals surface area contributed by atoms with Crippen LogP contribution in [0.4, 0.5) is 22.7 Å². The average Bonchev–Trinajstić information content (AvgIpc) is 2.62. The van der Waals surface area contributed by atoms with Gasteiger partial charge in [-0.15, -0.1) is 0 Å². The van der Waals surface area contributed by atoms with Crippen molar-refractivity contribution in [2.45, 2.75) is 6.92 Å². The van der Waals surface area contributed by atoms with Crippen LogP contribution in [0.2, 0.25) is 0 Å². The number of allylic oxidation sites excluding steroid dienone is 1. The first kappa shape index (κ1) is 19.2. The largest absolute Gasteiger partial charge is 0.301 e. The van der Waals surface area contributed by atoms with Crippen LogP contribution in [-0.2, 0) is 0 Å². The molecule has 0 aliphatic carbocycles. The zero-order chi connectivity index (χ0) is 20.0. The van der Waals surface area contributed by atoms with Crippen molar-refractivity contribution in [2.24, 2.45) is 5.10 Å². The number of non-ortho nitro benzene ring substituents is 2. The molecule has 11 nitrogen and oxygen atoms in total. The van der Waals surface area contributed by atoms with E-state index in [4.69, 9.17) is 0 Å². The Balaban J connectivity index is 2.13. The van der Waals surface area contributed by atoms with E-state index in [1.807, 2.05) is 0 Å². The van der Waals surface area contributed by atoms with Gasteiger partial charge in [0, 0.05) is 18.2 Å². The van der Waals surface area contributed by atoms with Gasteiger partial charge in [0.2, 0.25) is 0 Å². The summed E-state index contributed by atoms with van der Waals surface area (Å²) in [6.07, 6.45) is 3.10. The summed E-state index contributed by atoms with van der Waals surface area (Å²) < 4.78 is 0. The van der Waals surface area contributed by atoms with Crippen molar-refractivity contribution in [1.82, 2.24) is 0 Å². The number of benzene rings is 2. The van der Waals surface area contributed by atoms with Crippen molar-refractivity contribution >= 4 is 35.0 Å². The quantitative estimate of drug-likeness (QED) is 0.439. The highest BCUT2D eigenvalue weighted by atomic mass is 16.6. The third-order valence-electron chi connectivity index (χ3n) is 3.34. The lowest BCUT2D eigenvalue weighted by Gasteiger charge is -2.02. The van der Waals surface area contributed by atoms with Crippen molar-refractivity contribution in [2.75, 3.05) is 5.43 Å². The maximum absolute atomic E-state index is 11.0. The van der Waals surface area contributed by atoms with E-state index in [0.29, 0.717) is 11.1 Å². The lowest BCUT2D eigenvalue weighted by Crippen LogP contribution is -1.98. The standard InChI is InChI=1S/C16H13N5O6/c1-11(8-12-2-4-13(5-3-12)19(22)23)10-17-18-15-7-6-14(20(24)25)9-16(15)21(26)27/h2-10,18H,1H3/b11-8+,17-10+. The summed E-state index contributed by atoms with van der Waals surface area (Å²) in [5.41, 5.74) is 2.97. The minimum absolute atomic E-state index is 0.00462. The molecule has 0 aliphatic heterocycles. The molecule has 27 heavy (non-hydrogen) atoms. The Hall–Kier alpha value is -4.15. The first-order chi connectivity index (χ1) is 12.8. The van der Waals surface area contributed by atoms with Crippen LogP contribution in [0.3, 0.4) is 0 Å². The molecule has 0 amide bonds. The Morgan fingerprint density at radius 1 is 0.926 bits per heavy atom. The number of hydrogen-bond donors (Lipinski definition) is 1. The second-order valence-electron chi connectivity index (χ2n) is 5.32. The van der Waals surface area contributed by atoms with Crippen molar-refractivity contribution in [1.29, 1.82) is 0 Å². The molecule has 2 aromatic carbocycles. The fourth-order valence-electron chi connectivity index (χ4n) is 2.08. The lowest BCUT2D eigenvalue weighted by molar-refractivity contribution is -0.393. The number of nitrogens with one attached hydrogen (secondary N) is 1. The molecule has 0 aromatic heterocycles. The number of rotatable bonds is 7. The van der Waals surface area contributed by atoms with Gasteiger partial charge in [0.15, 0.2) is 0 Å². The summed E-state index contributed by atoms with van der Waals surface area (Å²) in [6.45, 7) is 1.72. The van der Waals surface area contributed by atoms with Gasteiger partial charge < -0.3 is 0 Å². The Labute approximate surface area is 152 Å². The lowest BCUT2D eigenvalue weighted by atomic mass is 10.1. The van der Waals surface area contributed by atoms with Crippen molar-refractivity contribution in [3.05, 3.63) is 83.9 Å². The number of anilines is 1. The van der Waals surface area contributed by atoms with Gasteiger partial charge >= 0.3 is 5.69 Å². The molecule has 0 radical (unpaired) electrons. The van der Waals surface area contributed by atoms with E-state index in [9.17, 15) is 30.3 Å². The van der Waals surface area contributed by atoms with Crippen molar-refractivity contribution < 1.29 is 14.8 Å². The molecule has 11 heteroatoms. The van der Waals surface area contributed by atoms with Gasteiger partial charge in [-0.25, -0.2) is 0 Å². The van der Waals surface area contributed by atoms with Crippen LogP contribution in [0.25, 0.3) is 6.08 Å². The highest BCUT2D eigenvalue weighted by Gasteiger charge is 2.19. The van der Waals surface area contributed by atoms with Gasteiger partial charge in [-0.3, -0.25) is 35.8 Å². The van der Waals surface area contributed by atoms with Crippen LogP contribution < -0.4 is 5.43 Å². The summed E-state index contributed by atoms with van der Waals surface area (Å²) in [4.78, 5) is 30.4. The molecular weight excluding hydrogens is 358 g/mol. The molecule has 0 saturated carbocycles. The molecule has 0 saturated heterocycles. The average molecular weight is 371 g/mol. The summed E-state index contributed by atoms with van der Waals surface area (Å²) >= 11 is 0. The van der Waals surface area contributed by atoms with Crippen molar-refractivity contribution in [3.8, 4) is 0 Å². The first-order valence-corrected chi connectivity index (χ1v) is 7.42. The molecule has 0 fully saturated rings. The number of nitro benzene ring substituents is 3. The molecule has 0 aliphatic rings. The van der Waals surface area contributed by atoms with Crippen LogP contribution >= 0.6 is 0 Å². The van der Waals surface area contributed by atoms with E-state index in [1.165, 1.54) is 24.4 Å². The predicted molar refractivity (Wildman–Crippen MR) is 98.6 cm³/mol. The number of hydrogen-bond acceptors (Lipinski definition) is 8. The van der Waals surface area contributed by atoms with E-state index in [1.54, 1.807) is 25.1 Å². The first-order valence-electron chi connectivity index (χ1n) is 7.42. The van der Waals surface area contributed by atoms with E-state index in [2.05, 4.69) is 10.5 Å². The molecule has 0 heterocycles. The number of nitrogens with zero attached hydrogens (tertiary/aromatic N) is 4. The minimum atomic E-state index is -0.746. The van der Waals surface area contributed by atoms with Crippen molar-refractivity contribution in [3.63, 3.8) is 0 Å². The van der Waals surface area contributed by atoms with Crippen LogP contribution in [0.1, 0.15) is 12.5 Å². The monoisotopic (exact) mass is 371 g/mol. The van der Waals surface area contributed by atoms with Crippen LogP contribution in [0, 0.1) is 30.3 Å². The third kappa shape index (κ3) is 5.16. The highest BCUT2D eigenvalue weighted by molar-refractivity contribution is 5.85. The topological polar surface area (TPSA) is 154 Å². The summed E-state index contributed by atoms with van der Waals surface area (Å²) in [5.74, 6) is 0. The second-order valence-corrected chi connectivity index (χ2v) is 5.32. The molecule has 0 unspecified atom stereocenters. The second kappa shape index (κ2) is 8.29. The Morgan fingerprint density at radius 3 is 2.07 bits per heavy atom. The zero-order valence-corrected chi connectivity index (χ0v) is 13.9. The van der Waals surface area contributed by atoms with Crippen LogP contribution in [-0.4, -0.2) is 21.0 Å². The molecule has 1 N–H and O–H groups in total. The molecule has 0 atom stereocenters. The maximum atomic E-state index is 11.0. The predicted octanol–water partition coefficient (Wildman–Crippen LogP) is 3.91. The number of nitro groups is 3. The van der Waals surface area contributed by atoms with Gasteiger partial charge in [0.1, 0.15) is 5.69 Å². The third-order valence-corrected chi connectivity index (χ3v) is 3.34. The van der Waals surface area contributed by atoms with Gasteiger partial charge in [0.05, 0.1) is 27.1 Å². The van der Waals surface area contributed by atoms with Gasteiger partial charge in [0.25, 0.3) is 11.4 Å². The smallest absolute Gasteiger partial charge is 0.272 e. The Bertz CT molecular complexity index is 952. The summed E-state index contributed by atoms with van der Waals surface area (Å²) in [5, 5.41) is 36.2. The van der Waals surface area contributed by atoms with E-state index >= 15 is 0 Å². The van der Waals surface area contributed by atoms with Gasteiger partial charge in [-0.2, -0.15) is 5.10 Å². The van der Waals surface area contributed by atoms with Crippen LogP contribution in [0.5, 0.6) is 0 Å². The highest BCUT2D eigenvalue weighted by Crippen LogP contribution is 2.28. The molecule has 0 bridgehead atoms.